The maximum atomic E-state index is 11.2. The summed E-state index contributed by atoms with van der Waals surface area (Å²) in [6, 6.07) is 3.08. The number of nitrogens with zero attached hydrogens (tertiary/aromatic N) is 1. The molecule has 0 saturated heterocycles. The first-order valence-electron chi connectivity index (χ1n) is 6.89. The average Bonchev–Trinajstić information content (AvgIpc) is 2.89. The highest BCUT2D eigenvalue weighted by Gasteiger charge is 2.12. The number of aromatic carboxylic acids is 1. The van der Waals surface area contributed by atoms with Gasteiger partial charge in [0.25, 0.3) is 0 Å². The highest BCUT2D eigenvalue weighted by molar-refractivity contribution is 6.35. The number of benzene rings is 2. The Hall–Kier alpha value is -2.04. The normalized spacial score (nSPS) is 13.0. The Morgan fingerprint density at radius 2 is 1.95 bits per heavy atom. The predicted octanol–water partition coefficient (Wildman–Crippen LogP) is 4.50. The summed E-state index contributed by atoms with van der Waals surface area (Å²) in [7, 11) is 0. The molecular formula is C14H7Cl2NO3. The summed E-state index contributed by atoms with van der Waals surface area (Å²) in [6.45, 7) is 0. The van der Waals surface area contributed by atoms with Gasteiger partial charge < -0.3 is 9.52 Å². The number of carboxylic acid groups (broad SMARTS) is 1. The second kappa shape index (κ2) is 4.81. The van der Waals surface area contributed by atoms with E-state index in [4.69, 9.17) is 36.8 Å². The van der Waals surface area contributed by atoms with E-state index in [0.29, 0.717) is 15.6 Å². The number of oxazole rings is 1. The molecule has 6 heteroatoms. The molecule has 0 spiro atoms. The van der Waals surface area contributed by atoms with Crippen LogP contribution >= 0.6 is 23.2 Å². The molecule has 3 aromatic rings. The third-order valence-electron chi connectivity index (χ3n) is 2.49. The smallest absolute Gasteiger partial charge is 0.335 e. The van der Waals surface area contributed by atoms with Gasteiger partial charge in [0.2, 0.25) is 5.89 Å². The average molecular weight is 311 g/mol. The second-order valence-electron chi connectivity index (χ2n) is 3.91. The summed E-state index contributed by atoms with van der Waals surface area (Å²) in [5.74, 6) is -1.44. The lowest BCUT2D eigenvalue weighted by molar-refractivity contribution is 0.0697. The molecule has 1 aromatic heterocycles. The van der Waals surface area contributed by atoms with Gasteiger partial charge in [-0.1, -0.05) is 23.2 Å². The molecule has 0 radical (unpaired) electrons. The number of rotatable bonds is 2. The van der Waals surface area contributed by atoms with Gasteiger partial charge in [-0.05, 0) is 36.3 Å². The Bertz CT molecular complexity index is 952. The summed E-state index contributed by atoms with van der Waals surface area (Å²) < 4.78 is 28.9. The van der Waals surface area contributed by atoms with Crippen LogP contribution in [-0.4, -0.2) is 16.1 Å². The molecular weight excluding hydrogens is 301 g/mol. The Kier molecular flexibility index (Phi) is 2.36. The number of carbonyl (C=O) groups is 1. The summed E-state index contributed by atoms with van der Waals surface area (Å²) >= 11 is 11.8. The Morgan fingerprint density at radius 1 is 1.25 bits per heavy atom. The fourth-order valence-electron chi connectivity index (χ4n) is 1.66. The molecule has 1 heterocycles. The first kappa shape index (κ1) is 9.80. The highest BCUT2D eigenvalue weighted by Crippen LogP contribution is 2.29. The number of carboxylic acids is 1. The number of fused-ring (bicyclic) bond motifs is 1. The first-order valence-corrected chi connectivity index (χ1v) is 6.15. The van der Waals surface area contributed by atoms with Crippen molar-refractivity contribution >= 4 is 40.3 Å². The van der Waals surface area contributed by atoms with Crippen molar-refractivity contribution in [2.45, 2.75) is 0 Å². The van der Waals surface area contributed by atoms with Crippen LogP contribution in [0.1, 0.15) is 14.5 Å². The number of hydrogen-bond donors (Lipinski definition) is 1. The lowest BCUT2D eigenvalue weighted by Crippen LogP contribution is -1.94. The van der Waals surface area contributed by atoms with Gasteiger partial charge in [0.05, 0.1) is 9.68 Å². The molecule has 0 fully saturated rings. The summed E-state index contributed by atoms with van der Waals surface area (Å²) in [4.78, 5) is 15.3. The van der Waals surface area contributed by atoms with Gasteiger partial charge in [0.15, 0.2) is 5.58 Å². The molecule has 0 aliphatic heterocycles. The minimum Gasteiger partial charge on any atom is -0.478 e. The molecule has 0 unspecified atom stereocenters. The number of hydrogen-bond acceptors (Lipinski definition) is 3. The van der Waals surface area contributed by atoms with Crippen molar-refractivity contribution in [3.8, 4) is 11.5 Å². The summed E-state index contributed by atoms with van der Waals surface area (Å²) in [6.07, 6.45) is 0. The minimum atomic E-state index is -1.47. The zero-order valence-corrected chi connectivity index (χ0v) is 11.2. The van der Waals surface area contributed by atoms with E-state index in [0.717, 1.165) is 0 Å². The SMILES string of the molecule is [2H]c1c(C(=O)O)c([2H])c2oc(-c3cc(Cl)cc(Cl)c3)nc2c1[2H]. The zero-order valence-electron chi connectivity index (χ0n) is 12.7. The van der Waals surface area contributed by atoms with Crippen molar-refractivity contribution in [3.05, 3.63) is 51.9 Å². The highest BCUT2D eigenvalue weighted by atomic mass is 35.5. The molecule has 4 nitrogen and oxygen atoms in total. The summed E-state index contributed by atoms with van der Waals surface area (Å²) in [5.41, 5.74) is -0.416. The van der Waals surface area contributed by atoms with E-state index in [1.165, 1.54) is 18.2 Å². The van der Waals surface area contributed by atoms with Gasteiger partial charge >= 0.3 is 5.97 Å². The lowest BCUT2D eigenvalue weighted by atomic mass is 10.2. The molecule has 0 atom stereocenters. The van der Waals surface area contributed by atoms with Crippen LogP contribution in [0, 0.1) is 0 Å². The van der Waals surface area contributed by atoms with Gasteiger partial charge in [-0.15, -0.1) is 0 Å². The van der Waals surface area contributed by atoms with E-state index in [-0.39, 0.29) is 17.0 Å². The van der Waals surface area contributed by atoms with Crippen LogP contribution < -0.4 is 0 Å². The van der Waals surface area contributed by atoms with Crippen LogP contribution in [0.4, 0.5) is 0 Å². The van der Waals surface area contributed by atoms with Gasteiger partial charge in [0.1, 0.15) is 5.52 Å². The van der Waals surface area contributed by atoms with Crippen molar-refractivity contribution in [3.63, 3.8) is 0 Å². The van der Waals surface area contributed by atoms with E-state index in [1.54, 1.807) is 0 Å². The van der Waals surface area contributed by atoms with Crippen LogP contribution in [-0.2, 0) is 0 Å². The maximum Gasteiger partial charge on any atom is 0.335 e. The van der Waals surface area contributed by atoms with Crippen molar-refractivity contribution in [2.75, 3.05) is 0 Å². The molecule has 0 aliphatic carbocycles. The topological polar surface area (TPSA) is 63.3 Å². The molecule has 1 N–H and O–H groups in total. The fourth-order valence-corrected chi connectivity index (χ4v) is 2.19. The quantitative estimate of drug-likeness (QED) is 0.757. The molecule has 20 heavy (non-hydrogen) atoms. The molecule has 3 rings (SSSR count). The van der Waals surface area contributed by atoms with Gasteiger partial charge in [-0.2, -0.15) is 0 Å². The standard InChI is InChI=1S/C14H7Cl2NO3/c15-9-3-8(4-10(16)6-9)13-17-11-2-1-7(14(18)19)5-12(11)20-13/h1-6H,(H,18,19)/i1D,2D,5D. The van der Waals surface area contributed by atoms with Gasteiger partial charge in [-0.3, -0.25) is 0 Å². The molecule has 0 aliphatic rings. The largest absolute Gasteiger partial charge is 0.478 e. The van der Waals surface area contributed by atoms with Gasteiger partial charge in [0, 0.05) is 15.6 Å². The minimum absolute atomic E-state index is 0.0355. The first-order chi connectivity index (χ1) is 10.8. The molecule has 0 amide bonds. The molecule has 0 bridgehead atoms. The van der Waals surface area contributed by atoms with Crippen LogP contribution in [0.3, 0.4) is 0 Å². The predicted molar refractivity (Wildman–Crippen MR) is 76.4 cm³/mol. The fraction of sp³-hybridized carbons (Fsp3) is 0. The van der Waals surface area contributed by atoms with E-state index < -0.39 is 29.7 Å². The van der Waals surface area contributed by atoms with Crippen molar-refractivity contribution in [1.29, 1.82) is 0 Å². The van der Waals surface area contributed by atoms with Crippen molar-refractivity contribution < 1.29 is 18.4 Å². The van der Waals surface area contributed by atoms with Crippen molar-refractivity contribution in [2.24, 2.45) is 0 Å². The second-order valence-corrected chi connectivity index (χ2v) is 4.78. The van der Waals surface area contributed by atoms with Crippen molar-refractivity contribution in [1.82, 2.24) is 4.98 Å². The Balaban J connectivity index is 2.33. The van der Waals surface area contributed by atoms with Crippen LogP contribution in [0.5, 0.6) is 0 Å². The Labute approximate surface area is 127 Å². The Morgan fingerprint density at radius 3 is 2.60 bits per heavy atom. The third-order valence-corrected chi connectivity index (χ3v) is 2.93. The number of aromatic nitrogens is 1. The lowest BCUT2D eigenvalue weighted by Gasteiger charge is -1.97. The number of halogens is 2. The van der Waals surface area contributed by atoms with Gasteiger partial charge in [-0.25, -0.2) is 9.78 Å². The molecule has 2 aromatic carbocycles. The van der Waals surface area contributed by atoms with Crippen LogP contribution in [0.2, 0.25) is 10.0 Å². The van der Waals surface area contributed by atoms with Crippen LogP contribution in [0.15, 0.2) is 40.7 Å². The maximum absolute atomic E-state index is 11.2. The monoisotopic (exact) mass is 310 g/mol. The van der Waals surface area contributed by atoms with E-state index in [9.17, 15) is 4.79 Å². The third kappa shape index (κ3) is 2.35. The molecule has 100 valence electrons. The summed E-state index contributed by atoms with van der Waals surface area (Å²) in [5, 5.41) is 9.80. The van der Waals surface area contributed by atoms with E-state index in [2.05, 4.69) is 4.98 Å². The molecule has 0 saturated carbocycles. The van der Waals surface area contributed by atoms with E-state index >= 15 is 0 Å². The zero-order chi connectivity index (χ0) is 16.9. The van der Waals surface area contributed by atoms with Crippen LogP contribution in [0.25, 0.3) is 22.6 Å². The van der Waals surface area contributed by atoms with E-state index in [1.807, 2.05) is 0 Å².